The molecule has 0 saturated carbocycles. The summed E-state index contributed by atoms with van der Waals surface area (Å²) in [5.74, 6) is 0.681. The Morgan fingerprint density at radius 3 is 2.77 bits per heavy atom. The summed E-state index contributed by atoms with van der Waals surface area (Å²) in [7, 11) is 3.09. The summed E-state index contributed by atoms with van der Waals surface area (Å²) in [6.07, 6.45) is 0. The number of thiophene rings is 1. The van der Waals surface area contributed by atoms with E-state index in [2.05, 4.69) is 4.98 Å². The van der Waals surface area contributed by atoms with E-state index in [0.29, 0.717) is 16.3 Å². The third-order valence-electron chi connectivity index (χ3n) is 4.18. The highest BCUT2D eigenvalue weighted by atomic mass is 32.2. The van der Waals surface area contributed by atoms with Gasteiger partial charge in [-0.1, -0.05) is 17.8 Å². The van der Waals surface area contributed by atoms with Gasteiger partial charge in [-0.15, -0.1) is 11.3 Å². The van der Waals surface area contributed by atoms with Crippen molar-refractivity contribution in [3.8, 4) is 5.75 Å². The van der Waals surface area contributed by atoms with Crippen molar-refractivity contribution in [2.24, 2.45) is 7.05 Å². The maximum absolute atomic E-state index is 12.6. The summed E-state index contributed by atoms with van der Waals surface area (Å²) in [6, 6.07) is 4.84. The molecule has 0 saturated heterocycles. The summed E-state index contributed by atoms with van der Waals surface area (Å²) in [4.78, 5) is 29.7. The van der Waals surface area contributed by atoms with E-state index in [1.54, 1.807) is 19.2 Å². The molecule has 26 heavy (non-hydrogen) atoms. The Kier molecular flexibility index (Phi) is 5.01. The van der Waals surface area contributed by atoms with Gasteiger partial charge >= 0.3 is 5.69 Å². The molecule has 0 bridgehead atoms. The number of fused-ring (bicyclic) bond motifs is 1. The van der Waals surface area contributed by atoms with Crippen molar-refractivity contribution < 1.29 is 9.66 Å². The van der Waals surface area contributed by atoms with Crippen molar-refractivity contribution in [1.82, 2.24) is 9.55 Å². The van der Waals surface area contributed by atoms with E-state index in [1.165, 1.54) is 40.8 Å². The molecule has 0 fully saturated rings. The van der Waals surface area contributed by atoms with Gasteiger partial charge in [-0.25, -0.2) is 4.98 Å². The first-order valence-electron chi connectivity index (χ1n) is 7.74. The monoisotopic (exact) mass is 391 g/mol. The van der Waals surface area contributed by atoms with Crippen LogP contribution in [0.15, 0.2) is 28.2 Å². The van der Waals surface area contributed by atoms with Crippen LogP contribution in [0.25, 0.3) is 10.2 Å². The van der Waals surface area contributed by atoms with Gasteiger partial charge in [0, 0.05) is 23.7 Å². The lowest BCUT2D eigenvalue weighted by Gasteiger charge is -2.08. The van der Waals surface area contributed by atoms with Gasteiger partial charge in [-0.2, -0.15) is 0 Å². The minimum absolute atomic E-state index is 0.0694. The summed E-state index contributed by atoms with van der Waals surface area (Å²) in [6.45, 7) is 3.91. The molecule has 0 spiro atoms. The molecular formula is C17H17N3O4S2. The average Bonchev–Trinajstić information content (AvgIpc) is 2.90. The van der Waals surface area contributed by atoms with E-state index in [9.17, 15) is 14.9 Å². The van der Waals surface area contributed by atoms with Crippen LogP contribution in [0.2, 0.25) is 0 Å². The number of rotatable bonds is 5. The molecule has 3 rings (SSSR count). The second-order valence-electron chi connectivity index (χ2n) is 5.77. The number of methoxy groups -OCH3 is 1. The molecule has 2 aromatic heterocycles. The number of benzene rings is 1. The molecule has 1 aromatic carbocycles. The largest absolute Gasteiger partial charge is 0.490 e. The van der Waals surface area contributed by atoms with Crippen LogP contribution >= 0.6 is 23.1 Å². The lowest BCUT2D eigenvalue weighted by molar-refractivity contribution is -0.385. The summed E-state index contributed by atoms with van der Waals surface area (Å²) in [5.41, 5.74) is 1.59. The molecule has 136 valence electrons. The zero-order valence-electron chi connectivity index (χ0n) is 14.7. The summed E-state index contributed by atoms with van der Waals surface area (Å²) < 4.78 is 6.55. The zero-order valence-corrected chi connectivity index (χ0v) is 16.4. The molecule has 9 heteroatoms. The number of nitro groups is 1. The summed E-state index contributed by atoms with van der Waals surface area (Å²) in [5, 5.41) is 12.4. The predicted molar refractivity (Wildman–Crippen MR) is 104 cm³/mol. The third kappa shape index (κ3) is 3.19. The van der Waals surface area contributed by atoms with Crippen LogP contribution in [0.5, 0.6) is 5.75 Å². The number of thioether (sulfide) groups is 1. The maximum atomic E-state index is 12.6. The van der Waals surface area contributed by atoms with Crippen LogP contribution in [0, 0.1) is 24.0 Å². The van der Waals surface area contributed by atoms with Crippen molar-refractivity contribution in [2.45, 2.75) is 24.8 Å². The van der Waals surface area contributed by atoms with E-state index >= 15 is 0 Å². The second-order valence-corrected chi connectivity index (χ2v) is 7.92. The van der Waals surface area contributed by atoms with Crippen LogP contribution in [0.4, 0.5) is 5.69 Å². The zero-order chi connectivity index (χ0) is 19.0. The highest BCUT2D eigenvalue weighted by molar-refractivity contribution is 7.98. The van der Waals surface area contributed by atoms with E-state index in [0.717, 1.165) is 20.8 Å². The van der Waals surface area contributed by atoms with Crippen molar-refractivity contribution >= 4 is 39.0 Å². The van der Waals surface area contributed by atoms with Crippen LogP contribution in [0.3, 0.4) is 0 Å². The molecule has 0 N–H and O–H groups in total. The van der Waals surface area contributed by atoms with Crippen LogP contribution in [-0.2, 0) is 12.8 Å². The lowest BCUT2D eigenvalue weighted by atomic mass is 10.2. The van der Waals surface area contributed by atoms with Crippen LogP contribution in [0.1, 0.15) is 16.0 Å². The molecule has 0 aliphatic heterocycles. The Bertz CT molecular complexity index is 1070. The normalized spacial score (nSPS) is 11.1. The van der Waals surface area contributed by atoms with E-state index in [-0.39, 0.29) is 17.0 Å². The SMILES string of the molecule is COc1ccc(CSc2nc3sc(C)c(C)c3c(=O)n2C)cc1[N+](=O)[O-]. The van der Waals surface area contributed by atoms with Crippen LogP contribution < -0.4 is 10.3 Å². The molecule has 0 unspecified atom stereocenters. The van der Waals surface area contributed by atoms with Gasteiger partial charge in [0.1, 0.15) is 4.83 Å². The molecule has 0 amide bonds. The number of hydrogen-bond donors (Lipinski definition) is 0. The van der Waals surface area contributed by atoms with E-state index < -0.39 is 4.92 Å². The number of ether oxygens (including phenoxy) is 1. The molecule has 3 aromatic rings. The lowest BCUT2D eigenvalue weighted by Crippen LogP contribution is -2.19. The maximum Gasteiger partial charge on any atom is 0.311 e. The minimum Gasteiger partial charge on any atom is -0.490 e. The third-order valence-corrected chi connectivity index (χ3v) is 6.38. The number of nitro benzene ring substituents is 1. The quantitative estimate of drug-likeness (QED) is 0.284. The number of nitrogens with zero attached hydrogens (tertiary/aromatic N) is 3. The first-order valence-corrected chi connectivity index (χ1v) is 9.54. The fourth-order valence-corrected chi connectivity index (χ4v) is 4.59. The first kappa shape index (κ1) is 18.4. The van der Waals surface area contributed by atoms with Crippen molar-refractivity contribution in [3.63, 3.8) is 0 Å². The molecule has 0 aliphatic rings. The smallest absolute Gasteiger partial charge is 0.311 e. The highest BCUT2D eigenvalue weighted by Gasteiger charge is 2.17. The molecule has 0 atom stereocenters. The minimum atomic E-state index is -0.468. The Morgan fingerprint density at radius 1 is 1.38 bits per heavy atom. The van der Waals surface area contributed by atoms with Gasteiger partial charge in [0.25, 0.3) is 5.56 Å². The molecule has 2 heterocycles. The van der Waals surface area contributed by atoms with E-state index in [1.807, 2.05) is 13.8 Å². The topological polar surface area (TPSA) is 87.3 Å². The van der Waals surface area contributed by atoms with Gasteiger partial charge in [-0.05, 0) is 31.0 Å². The average molecular weight is 391 g/mol. The first-order chi connectivity index (χ1) is 12.3. The molecule has 0 aliphatic carbocycles. The number of aryl methyl sites for hydroxylation is 2. The Morgan fingerprint density at radius 2 is 2.12 bits per heavy atom. The second kappa shape index (κ2) is 7.08. The Balaban J connectivity index is 1.93. The summed E-state index contributed by atoms with van der Waals surface area (Å²) >= 11 is 2.88. The standard InChI is InChI=1S/C17H17N3O4S2/c1-9-10(2)26-15-14(9)16(21)19(3)17(18-15)25-8-11-5-6-13(24-4)12(7-11)20(22)23/h5-7H,8H2,1-4H3. The van der Waals surface area contributed by atoms with Crippen LogP contribution in [-0.4, -0.2) is 21.6 Å². The van der Waals surface area contributed by atoms with Gasteiger partial charge < -0.3 is 4.74 Å². The highest BCUT2D eigenvalue weighted by Crippen LogP contribution is 2.32. The fourth-order valence-electron chi connectivity index (χ4n) is 2.60. The van der Waals surface area contributed by atoms with E-state index in [4.69, 9.17) is 4.74 Å². The van der Waals surface area contributed by atoms with Crippen molar-refractivity contribution in [2.75, 3.05) is 7.11 Å². The van der Waals surface area contributed by atoms with Crippen molar-refractivity contribution in [3.05, 3.63) is 54.7 Å². The molecule has 0 radical (unpaired) electrons. The predicted octanol–water partition coefficient (Wildman–Crippen LogP) is 3.82. The Hall–Kier alpha value is -2.39. The number of aromatic nitrogens is 2. The van der Waals surface area contributed by atoms with Gasteiger partial charge in [0.05, 0.1) is 17.4 Å². The Labute approximate surface area is 157 Å². The fraction of sp³-hybridized carbons (Fsp3) is 0.294. The number of hydrogen-bond acceptors (Lipinski definition) is 7. The molecular weight excluding hydrogens is 374 g/mol. The molecule has 7 nitrogen and oxygen atoms in total. The van der Waals surface area contributed by atoms with Gasteiger partial charge in [-0.3, -0.25) is 19.5 Å². The van der Waals surface area contributed by atoms with Crippen molar-refractivity contribution in [1.29, 1.82) is 0 Å². The van der Waals surface area contributed by atoms with Gasteiger partial charge in [0.15, 0.2) is 10.9 Å². The van der Waals surface area contributed by atoms with Gasteiger partial charge in [0.2, 0.25) is 0 Å².